The number of nitrogens with one attached hydrogen (secondary N) is 1. The molecule has 1 heterocycles. The van der Waals surface area contributed by atoms with Crippen molar-refractivity contribution >= 4 is 38.9 Å². The van der Waals surface area contributed by atoms with E-state index in [1.165, 1.54) is 11.3 Å². The van der Waals surface area contributed by atoms with Crippen LogP contribution in [0.2, 0.25) is 0 Å². The molecule has 2 aromatic rings. The summed E-state index contributed by atoms with van der Waals surface area (Å²) in [5, 5.41) is 14.0. The molecule has 2 rings (SSSR count). The fourth-order valence-corrected chi connectivity index (χ4v) is 2.80. The quantitative estimate of drug-likeness (QED) is 0.867. The van der Waals surface area contributed by atoms with Crippen LogP contribution >= 0.6 is 27.3 Å². The Bertz CT molecular complexity index is 597. The van der Waals surface area contributed by atoms with Gasteiger partial charge in [0.15, 0.2) is 0 Å². The maximum absolute atomic E-state index is 11.0. The van der Waals surface area contributed by atoms with Crippen LogP contribution in [0.3, 0.4) is 0 Å². The second-order valence-corrected chi connectivity index (χ2v) is 5.55. The van der Waals surface area contributed by atoms with Crippen LogP contribution in [-0.4, -0.2) is 18.2 Å². The SMILES string of the molecule is COc1cc(NCc2ccsc2C(=O)O)ccc1Br. The molecule has 0 fully saturated rings. The molecule has 0 unspecified atom stereocenters. The molecule has 6 heteroatoms. The predicted octanol–water partition coefficient (Wildman–Crippen LogP) is 3.83. The van der Waals surface area contributed by atoms with E-state index in [1.54, 1.807) is 12.5 Å². The van der Waals surface area contributed by atoms with Crippen LogP contribution < -0.4 is 10.1 Å². The monoisotopic (exact) mass is 341 g/mol. The van der Waals surface area contributed by atoms with Crippen LogP contribution in [0.1, 0.15) is 15.2 Å². The number of carbonyl (C=O) groups is 1. The number of halogens is 1. The van der Waals surface area contributed by atoms with Gasteiger partial charge in [0.1, 0.15) is 10.6 Å². The van der Waals surface area contributed by atoms with E-state index in [4.69, 9.17) is 9.84 Å². The highest BCUT2D eigenvalue weighted by Gasteiger charge is 2.11. The molecule has 0 saturated heterocycles. The Balaban J connectivity index is 2.10. The number of anilines is 1. The van der Waals surface area contributed by atoms with Crippen molar-refractivity contribution in [2.45, 2.75) is 6.54 Å². The zero-order valence-corrected chi connectivity index (χ0v) is 12.5. The van der Waals surface area contributed by atoms with Gasteiger partial charge in [-0.1, -0.05) is 0 Å². The van der Waals surface area contributed by atoms with Crippen molar-refractivity contribution < 1.29 is 14.6 Å². The Kier molecular flexibility index (Phi) is 4.44. The van der Waals surface area contributed by atoms with Gasteiger partial charge in [0.2, 0.25) is 0 Å². The Morgan fingerprint density at radius 3 is 2.95 bits per heavy atom. The summed E-state index contributed by atoms with van der Waals surface area (Å²) in [6, 6.07) is 7.46. The minimum Gasteiger partial charge on any atom is -0.495 e. The number of aromatic carboxylic acids is 1. The lowest BCUT2D eigenvalue weighted by Crippen LogP contribution is -2.04. The molecule has 0 atom stereocenters. The van der Waals surface area contributed by atoms with E-state index in [0.29, 0.717) is 11.4 Å². The molecule has 1 aromatic heterocycles. The van der Waals surface area contributed by atoms with Gasteiger partial charge in [-0.25, -0.2) is 4.79 Å². The molecule has 0 amide bonds. The molecule has 2 N–H and O–H groups in total. The van der Waals surface area contributed by atoms with Gasteiger partial charge in [0.05, 0.1) is 11.6 Å². The van der Waals surface area contributed by atoms with Gasteiger partial charge in [-0.05, 0) is 45.1 Å². The number of hydrogen-bond acceptors (Lipinski definition) is 4. The van der Waals surface area contributed by atoms with Crippen LogP contribution in [0.4, 0.5) is 5.69 Å². The van der Waals surface area contributed by atoms with Crippen molar-refractivity contribution in [2.24, 2.45) is 0 Å². The number of carboxylic acid groups (broad SMARTS) is 1. The van der Waals surface area contributed by atoms with E-state index in [-0.39, 0.29) is 0 Å². The third kappa shape index (κ3) is 3.27. The molecule has 4 nitrogen and oxygen atoms in total. The second kappa shape index (κ2) is 6.08. The smallest absolute Gasteiger partial charge is 0.346 e. The Morgan fingerprint density at radius 1 is 1.47 bits per heavy atom. The van der Waals surface area contributed by atoms with Gasteiger partial charge in [-0.3, -0.25) is 0 Å². The average molecular weight is 342 g/mol. The van der Waals surface area contributed by atoms with Crippen molar-refractivity contribution in [1.29, 1.82) is 0 Å². The highest BCUT2D eigenvalue weighted by molar-refractivity contribution is 9.10. The molecule has 0 spiro atoms. The largest absolute Gasteiger partial charge is 0.495 e. The molecular weight excluding hydrogens is 330 g/mol. The molecule has 0 aliphatic rings. The van der Waals surface area contributed by atoms with Crippen molar-refractivity contribution in [2.75, 3.05) is 12.4 Å². The van der Waals surface area contributed by atoms with Crippen molar-refractivity contribution in [3.05, 3.63) is 44.6 Å². The minimum atomic E-state index is -0.889. The van der Waals surface area contributed by atoms with E-state index >= 15 is 0 Å². The standard InChI is InChI=1S/C13H12BrNO3S/c1-18-11-6-9(2-3-10(11)14)15-7-8-4-5-19-12(8)13(16)17/h2-6,15H,7H2,1H3,(H,16,17). The van der Waals surface area contributed by atoms with E-state index in [0.717, 1.165) is 21.5 Å². The first-order valence-corrected chi connectivity index (χ1v) is 7.16. The Labute approximate surface area is 123 Å². The summed E-state index contributed by atoms with van der Waals surface area (Å²) in [5.41, 5.74) is 1.65. The first-order chi connectivity index (χ1) is 9.11. The molecule has 100 valence electrons. The third-order valence-electron chi connectivity index (χ3n) is 2.58. The van der Waals surface area contributed by atoms with E-state index in [9.17, 15) is 4.79 Å². The number of thiophene rings is 1. The normalized spacial score (nSPS) is 10.2. The summed E-state index contributed by atoms with van der Waals surface area (Å²) < 4.78 is 6.08. The minimum absolute atomic E-state index is 0.372. The van der Waals surface area contributed by atoms with Crippen LogP contribution in [0.15, 0.2) is 34.1 Å². The highest BCUT2D eigenvalue weighted by Crippen LogP contribution is 2.28. The summed E-state index contributed by atoms with van der Waals surface area (Å²) in [4.78, 5) is 11.4. The van der Waals surface area contributed by atoms with Gasteiger partial charge in [0, 0.05) is 18.3 Å². The summed E-state index contributed by atoms with van der Waals surface area (Å²) in [6.45, 7) is 0.468. The molecule has 0 aliphatic heterocycles. The van der Waals surface area contributed by atoms with Gasteiger partial charge < -0.3 is 15.2 Å². The first kappa shape index (κ1) is 13.9. The predicted molar refractivity (Wildman–Crippen MR) is 79.3 cm³/mol. The molecule has 0 saturated carbocycles. The van der Waals surface area contributed by atoms with Gasteiger partial charge >= 0.3 is 5.97 Å². The maximum Gasteiger partial charge on any atom is 0.346 e. The van der Waals surface area contributed by atoms with Crippen molar-refractivity contribution in [3.63, 3.8) is 0 Å². The Morgan fingerprint density at radius 2 is 2.26 bits per heavy atom. The van der Waals surface area contributed by atoms with Crippen molar-refractivity contribution in [1.82, 2.24) is 0 Å². The number of carboxylic acids is 1. The summed E-state index contributed by atoms with van der Waals surface area (Å²) in [7, 11) is 1.60. The Hall–Kier alpha value is -1.53. The van der Waals surface area contributed by atoms with E-state index in [1.807, 2.05) is 24.3 Å². The average Bonchev–Trinajstić information content (AvgIpc) is 2.86. The van der Waals surface area contributed by atoms with Crippen LogP contribution in [0, 0.1) is 0 Å². The lowest BCUT2D eigenvalue weighted by molar-refractivity contribution is 0.0701. The second-order valence-electron chi connectivity index (χ2n) is 3.78. The van der Waals surface area contributed by atoms with Gasteiger partial charge in [-0.2, -0.15) is 0 Å². The number of methoxy groups -OCH3 is 1. The third-order valence-corrected chi connectivity index (χ3v) is 4.17. The first-order valence-electron chi connectivity index (χ1n) is 5.49. The van der Waals surface area contributed by atoms with E-state index in [2.05, 4.69) is 21.2 Å². The lowest BCUT2D eigenvalue weighted by Gasteiger charge is -2.09. The molecule has 0 aliphatic carbocycles. The summed E-state index contributed by atoms with van der Waals surface area (Å²) in [6.07, 6.45) is 0. The lowest BCUT2D eigenvalue weighted by atomic mass is 10.2. The zero-order valence-electron chi connectivity index (χ0n) is 10.1. The van der Waals surface area contributed by atoms with E-state index < -0.39 is 5.97 Å². The molecular formula is C13H12BrNO3S. The number of hydrogen-bond donors (Lipinski definition) is 2. The zero-order chi connectivity index (χ0) is 13.8. The molecule has 0 radical (unpaired) electrons. The molecule has 0 bridgehead atoms. The van der Waals surface area contributed by atoms with Crippen LogP contribution in [0.25, 0.3) is 0 Å². The maximum atomic E-state index is 11.0. The van der Waals surface area contributed by atoms with Crippen molar-refractivity contribution in [3.8, 4) is 5.75 Å². The summed E-state index contributed by atoms with van der Waals surface area (Å²) in [5.74, 6) is -0.158. The van der Waals surface area contributed by atoms with Gasteiger partial charge in [-0.15, -0.1) is 11.3 Å². The fraction of sp³-hybridized carbons (Fsp3) is 0.154. The van der Waals surface area contributed by atoms with Crippen LogP contribution in [-0.2, 0) is 6.54 Å². The molecule has 19 heavy (non-hydrogen) atoms. The molecule has 1 aromatic carbocycles. The number of benzene rings is 1. The highest BCUT2D eigenvalue weighted by atomic mass is 79.9. The number of rotatable bonds is 5. The topological polar surface area (TPSA) is 58.6 Å². The van der Waals surface area contributed by atoms with Gasteiger partial charge in [0.25, 0.3) is 0 Å². The van der Waals surface area contributed by atoms with Crippen LogP contribution in [0.5, 0.6) is 5.75 Å². The summed E-state index contributed by atoms with van der Waals surface area (Å²) >= 11 is 4.61. The fourth-order valence-electron chi connectivity index (χ4n) is 1.63. The number of ether oxygens (including phenoxy) is 1.